The van der Waals surface area contributed by atoms with E-state index in [1.807, 2.05) is 29.8 Å². The molecule has 0 unspecified atom stereocenters. The fraction of sp³-hybridized carbons (Fsp3) is 0.261. The van der Waals surface area contributed by atoms with E-state index >= 15 is 0 Å². The number of thiazole rings is 1. The summed E-state index contributed by atoms with van der Waals surface area (Å²) in [5.41, 5.74) is 2.24. The highest BCUT2D eigenvalue weighted by atomic mass is 35.5. The molecule has 1 amide bonds. The number of ether oxygens (including phenoxy) is 2. The molecule has 0 N–H and O–H groups in total. The summed E-state index contributed by atoms with van der Waals surface area (Å²) < 4.78 is 13.8. The molecule has 10 heteroatoms. The van der Waals surface area contributed by atoms with Gasteiger partial charge in [-0.15, -0.1) is 12.4 Å². The number of aryl methyl sites for hydroxylation is 2. The number of para-hydroxylation sites is 1. The zero-order valence-electron chi connectivity index (χ0n) is 18.4. The number of benzene rings is 2. The lowest BCUT2D eigenvalue weighted by Gasteiger charge is -2.22. The van der Waals surface area contributed by atoms with Crippen molar-refractivity contribution in [2.75, 3.05) is 25.7 Å². The lowest BCUT2D eigenvalue weighted by molar-refractivity contribution is 0.0982. The number of fused-ring (bicyclic) bond motifs is 1. The van der Waals surface area contributed by atoms with Crippen LogP contribution in [0.3, 0.4) is 0 Å². The van der Waals surface area contributed by atoms with Crippen LogP contribution >= 0.6 is 35.3 Å². The number of rotatable bonds is 8. The second-order valence-corrected chi connectivity index (χ2v) is 8.66. The highest BCUT2D eigenvalue weighted by Gasteiger charge is 2.26. The molecule has 0 fully saturated rings. The quantitative estimate of drug-likeness (QED) is 0.309. The largest absolute Gasteiger partial charge is 0.493 e. The Balaban J connectivity index is 0.00000306. The summed E-state index contributed by atoms with van der Waals surface area (Å²) in [6, 6.07) is 9.04. The van der Waals surface area contributed by atoms with Crippen molar-refractivity contribution >= 4 is 56.6 Å². The molecule has 33 heavy (non-hydrogen) atoms. The Morgan fingerprint density at radius 1 is 1.24 bits per heavy atom. The first kappa shape index (κ1) is 24.8. The predicted molar refractivity (Wildman–Crippen MR) is 135 cm³/mol. The van der Waals surface area contributed by atoms with Gasteiger partial charge >= 0.3 is 0 Å². The number of amides is 1. The molecular formula is C23H24Cl2N4O3S. The molecule has 0 atom stereocenters. The number of carbonyl (C=O) groups excluding carboxylic acids is 1. The van der Waals surface area contributed by atoms with Crippen molar-refractivity contribution in [2.24, 2.45) is 0 Å². The van der Waals surface area contributed by atoms with Crippen LogP contribution in [0.2, 0.25) is 5.02 Å². The van der Waals surface area contributed by atoms with E-state index in [-0.39, 0.29) is 18.3 Å². The number of hydrogen-bond acceptors (Lipinski definition) is 6. The molecule has 7 nitrogen and oxygen atoms in total. The van der Waals surface area contributed by atoms with Crippen LogP contribution in [0.15, 0.2) is 49.1 Å². The molecule has 4 aromatic rings. The maximum absolute atomic E-state index is 13.7. The Morgan fingerprint density at radius 3 is 2.76 bits per heavy atom. The monoisotopic (exact) mass is 506 g/mol. The van der Waals surface area contributed by atoms with Crippen molar-refractivity contribution in [3.05, 3.63) is 65.2 Å². The molecule has 0 radical (unpaired) electrons. The second kappa shape index (κ2) is 10.9. The molecule has 2 heterocycles. The number of nitrogens with zero attached hydrogens (tertiary/aromatic N) is 4. The van der Waals surface area contributed by atoms with Gasteiger partial charge in [-0.2, -0.15) is 0 Å². The van der Waals surface area contributed by atoms with Crippen molar-refractivity contribution in [2.45, 2.75) is 19.9 Å². The van der Waals surface area contributed by atoms with E-state index in [4.69, 9.17) is 26.1 Å². The van der Waals surface area contributed by atoms with Gasteiger partial charge in [-0.25, -0.2) is 9.97 Å². The fourth-order valence-corrected chi connectivity index (χ4v) is 5.02. The van der Waals surface area contributed by atoms with E-state index in [1.165, 1.54) is 18.4 Å². The van der Waals surface area contributed by atoms with Gasteiger partial charge in [0.1, 0.15) is 0 Å². The first-order chi connectivity index (χ1) is 15.5. The third-order valence-corrected chi connectivity index (χ3v) is 6.35. The van der Waals surface area contributed by atoms with Gasteiger partial charge in [0.2, 0.25) is 0 Å². The third-order valence-electron chi connectivity index (χ3n) is 5.11. The van der Waals surface area contributed by atoms with Crippen LogP contribution in [0.4, 0.5) is 5.13 Å². The van der Waals surface area contributed by atoms with Crippen LogP contribution in [0, 0.1) is 6.92 Å². The number of halogens is 2. The van der Waals surface area contributed by atoms with Gasteiger partial charge < -0.3 is 14.0 Å². The van der Waals surface area contributed by atoms with Crippen molar-refractivity contribution in [1.82, 2.24) is 14.5 Å². The smallest absolute Gasteiger partial charge is 0.263 e. The molecule has 0 spiro atoms. The Kier molecular flexibility index (Phi) is 8.18. The van der Waals surface area contributed by atoms with Gasteiger partial charge in [0.05, 0.1) is 36.3 Å². The van der Waals surface area contributed by atoms with Crippen molar-refractivity contribution in [1.29, 1.82) is 0 Å². The first-order valence-corrected chi connectivity index (χ1v) is 11.3. The molecular weight excluding hydrogens is 483 g/mol. The van der Waals surface area contributed by atoms with Crippen LogP contribution < -0.4 is 14.4 Å². The van der Waals surface area contributed by atoms with Crippen LogP contribution in [0.25, 0.3) is 10.2 Å². The normalized spacial score (nSPS) is 10.7. The van der Waals surface area contributed by atoms with E-state index in [1.54, 1.807) is 42.7 Å². The van der Waals surface area contributed by atoms with Gasteiger partial charge in [-0.05, 0) is 43.2 Å². The molecule has 2 aromatic carbocycles. The molecule has 0 bridgehead atoms. The van der Waals surface area contributed by atoms with Gasteiger partial charge in [0.15, 0.2) is 16.6 Å². The van der Waals surface area contributed by atoms with Crippen molar-refractivity contribution in [3.8, 4) is 11.5 Å². The molecule has 4 rings (SSSR count). The summed E-state index contributed by atoms with van der Waals surface area (Å²) in [7, 11) is 3.08. The maximum atomic E-state index is 13.7. The molecule has 0 saturated heterocycles. The standard InChI is InChI=1S/C23H23ClN4O3S.ClH/c1-15-12-16(24)13-19-20(15)26-23(32-19)28(10-5-9-27-11-8-25-14-27)22(29)17-6-4-7-18(30-2)21(17)31-3;/h4,6-8,11-14H,5,9-10H2,1-3H3;1H. The highest BCUT2D eigenvalue weighted by molar-refractivity contribution is 7.22. The predicted octanol–water partition coefficient (Wildman–Crippen LogP) is 5.63. The Bertz CT molecular complexity index is 1240. The number of imidazole rings is 1. The van der Waals surface area contributed by atoms with Crippen molar-refractivity contribution < 1.29 is 14.3 Å². The molecule has 0 aliphatic carbocycles. The summed E-state index contributed by atoms with van der Waals surface area (Å²) in [6.45, 7) is 3.17. The van der Waals surface area contributed by atoms with Gasteiger partial charge in [-0.3, -0.25) is 9.69 Å². The van der Waals surface area contributed by atoms with Crippen molar-refractivity contribution in [3.63, 3.8) is 0 Å². The lowest BCUT2D eigenvalue weighted by Crippen LogP contribution is -2.32. The minimum absolute atomic E-state index is 0. The van der Waals surface area contributed by atoms with Gasteiger partial charge in [0, 0.05) is 30.5 Å². The number of carbonyl (C=O) groups is 1. The summed E-state index contributed by atoms with van der Waals surface area (Å²) in [4.78, 5) is 24.3. The lowest BCUT2D eigenvalue weighted by atomic mass is 10.1. The highest BCUT2D eigenvalue weighted by Crippen LogP contribution is 2.36. The Morgan fingerprint density at radius 2 is 2.06 bits per heavy atom. The summed E-state index contributed by atoms with van der Waals surface area (Å²) in [5, 5.41) is 1.27. The van der Waals surface area contributed by atoms with Gasteiger partial charge in [-0.1, -0.05) is 29.0 Å². The summed E-state index contributed by atoms with van der Waals surface area (Å²) in [5.74, 6) is 0.706. The average Bonchev–Trinajstić information content (AvgIpc) is 3.45. The molecule has 2 aromatic heterocycles. The molecule has 174 valence electrons. The number of hydrogen-bond donors (Lipinski definition) is 0. The second-order valence-electron chi connectivity index (χ2n) is 7.22. The molecule has 0 saturated carbocycles. The SMILES string of the molecule is COc1cccc(C(=O)N(CCCn2ccnc2)c2nc3c(C)cc(Cl)cc3s2)c1OC.Cl. The van der Waals surface area contributed by atoms with E-state index in [0.717, 1.165) is 28.7 Å². The average molecular weight is 507 g/mol. The third kappa shape index (κ3) is 5.24. The topological polar surface area (TPSA) is 69.5 Å². The van der Waals surface area contributed by atoms with Gasteiger partial charge in [0.25, 0.3) is 5.91 Å². The Labute approximate surface area is 207 Å². The number of aromatic nitrogens is 3. The first-order valence-electron chi connectivity index (χ1n) is 10.1. The fourth-order valence-electron chi connectivity index (χ4n) is 3.57. The number of anilines is 1. The van der Waals surface area contributed by atoms with Crippen LogP contribution in [-0.4, -0.2) is 41.2 Å². The molecule has 0 aliphatic rings. The minimum atomic E-state index is -0.200. The van der Waals surface area contributed by atoms with Crippen LogP contribution in [0.5, 0.6) is 11.5 Å². The van der Waals surface area contributed by atoms with E-state index in [0.29, 0.717) is 33.8 Å². The molecule has 0 aliphatic heterocycles. The maximum Gasteiger partial charge on any atom is 0.263 e. The number of methoxy groups -OCH3 is 2. The summed E-state index contributed by atoms with van der Waals surface area (Å²) >= 11 is 7.69. The zero-order valence-corrected chi connectivity index (χ0v) is 20.8. The minimum Gasteiger partial charge on any atom is -0.493 e. The zero-order chi connectivity index (χ0) is 22.7. The van der Waals surface area contributed by atoms with E-state index < -0.39 is 0 Å². The van der Waals surface area contributed by atoms with E-state index in [2.05, 4.69) is 4.98 Å². The Hall–Kier alpha value is -2.81. The van der Waals surface area contributed by atoms with Crippen LogP contribution in [0.1, 0.15) is 22.3 Å². The summed E-state index contributed by atoms with van der Waals surface area (Å²) in [6.07, 6.45) is 6.13. The van der Waals surface area contributed by atoms with Crippen LogP contribution in [-0.2, 0) is 6.54 Å². The van der Waals surface area contributed by atoms with E-state index in [9.17, 15) is 4.79 Å².